The fraction of sp³-hybridized carbons (Fsp3) is 0.625. The van der Waals surface area contributed by atoms with Crippen LogP contribution in [0.5, 0.6) is 0 Å². The molecule has 0 bridgehead atoms. The van der Waals surface area contributed by atoms with E-state index in [4.69, 9.17) is 5.73 Å². The number of aromatic nitrogens is 1. The number of rotatable bonds is 8. The van der Waals surface area contributed by atoms with Crippen molar-refractivity contribution in [1.82, 2.24) is 9.88 Å². The summed E-state index contributed by atoms with van der Waals surface area (Å²) in [5, 5.41) is 0. The third kappa shape index (κ3) is 5.70. The number of nitrogens with two attached hydrogens (primary N) is 1. The average molecular weight is 277 g/mol. The summed E-state index contributed by atoms with van der Waals surface area (Å²) in [4.78, 5) is 18.3. The molecule has 0 aliphatic heterocycles. The third-order valence-electron chi connectivity index (χ3n) is 3.46. The molecular formula is C16H27N3O. The lowest BCUT2D eigenvalue weighted by Gasteiger charge is -2.24. The van der Waals surface area contributed by atoms with Gasteiger partial charge in [-0.25, -0.2) is 0 Å². The lowest BCUT2D eigenvalue weighted by Crippen LogP contribution is -2.33. The summed E-state index contributed by atoms with van der Waals surface area (Å²) in [6, 6.07) is 3.90. The number of nitrogens with zero attached hydrogens (tertiary/aromatic N) is 2. The molecule has 4 heteroatoms. The lowest BCUT2D eigenvalue weighted by atomic mass is 9.93. The van der Waals surface area contributed by atoms with Crippen LogP contribution in [0.4, 0.5) is 0 Å². The Kier molecular flexibility index (Phi) is 7.23. The first kappa shape index (κ1) is 16.6. The van der Waals surface area contributed by atoms with E-state index in [0.29, 0.717) is 25.4 Å². The molecule has 4 nitrogen and oxygen atoms in total. The molecule has 1 atom stereocenters. The first-order valence-corrected chi connectivity index (χ1v) is 7.43. The Balaban J connectivity index is 2.58. The van der Waals surface area contributed by atoms with Gasteiger partial charge in [0.25, 0.3) is 0 Å². The number of carbonyl (C=O) groups excluding carboxylic acids is 1. The minimum absolute atomic E-state index is 0.195. The molecule has 0 fully saturated rings. The average Bonchev–Trinajstić information content (AvgIpc) is 2.44. The Morgan fingerprint density at radius 3 is 2.50 bits per heavy atom. The molecule has 1 heterocycles. The molecule has 112 valence electrons. The van der Waals surface area contributed by atoms with E-state index in [2.05, 4.69) is 18.8 Å². The first-order chi connectivity index (χ1) is 9.56. The Labute approximate surface area is 122 Å². The van der Waals surface area contributed by atoms with E-state index in [1.54, 1.807) is 12.4 Å². The molecule has 1 aromatic heterocycles. The molecule has 0 aliphatic rings. The van der Waals surface area contributed by atoms with Gasteiger partial charge in [0.2, 0.25) is 5.91 Å². The van der Waals surface area contributed by atoms with Crippen LogP contribution in [0.3, 0.4) is 0 Å². The van der Waals surface area contributed by atoms with Crippen LogP contribution in [0.25, 0.3) is 0 Å². The van der Waals surface area contributed by atoms with Crippen LogP contribution in [-0.4, -0.2) is 28.9 Å². The molecule has 1 amide bonds. The van der Waals surface area contributed by atoms with Crippen LogP contribution in [0.2, 0.25) is 0 Å². The molecule has 0 aliphatic carbocycles. The van der Waals surface area contributed by atoms with E-state index in [1.165, 1.54) is 0 Å². The van der Waals surface area contributed by atoms with E-state index < -0.39 is 0 Å². The molecule has 0 aromatic carbocycles. The summed E-state index contributed by atoms with van der Waals surface area (Å²) in [7, 11) is 0. The van der Waals surface area contributed by atoms with Crippen molar-refractivity contribution in [2.24, 2.45) is 17.6 Å². The number of amides is 1. The van der Waals surface area contributed by atoms with Crippen molar-refractivity contribution in [2.75, 3.05) is 13.1 Å². The van der Waals surface area contributed by atoms with Crippen LogP contribution in [0.1, 0.15) is 39.2 Å². The van der Waals surface area contributed by atoms with Crippen molar-refractivity contribution in [3.05, 3.63) is 30.1 Å². The zero-order valence-corrected chi connectivity index (χ0v) is 12.9. The number of carbonyl (C=O) groups is 1. The summed E-state index contributed by atoms with van der Waals surface area (Å²) >= 11 is 0. The van der Waals surface area contributed by atoms with E-state index >= 15 is 0 Å². The fourth-order valence-electron chi connectivity index (χ4n) is 2.39. The number of hydrogen-bond acceptors (Lipinski definition) is 3. The molecule has 0 unspecified atom stereocenters. The van der Waals surface area contributed by atoms with Gasteiger partial charge in [-0.3, -0.25) is 9.78 Å². The van der Waals surface area contributed by atoms with Gasteiger partial charge in [-0.2, -0.15) is 0 Å². The van der Waals surface area contributed by atoms with Crippen LogP contribution in [0.15, 0.2) is 24.5 Å². The van der Waals surface area contributed by atoms with E-state index in [9.17, 15) is 4.79 Å². The minimum Gasteiger partial charge on any atom is -0.339 e. The highest BCUT2D eigenvalue weighted by Crippen LogP contribution is 2.16. The number of hydrogen-bond donors (Lipinski definition) is 1. The summed E-state index contributed by atoms with van der Waals surface area (Å²) < 4.78 is 0. The first-order valence-electron chi connectivity index (χ1n) is 7.43. The SMILES string of the molecule is CCN(Cc1ccncc1)C(=O)C[C@@H](CN)CC(C)C. The van der Waals surface area contributed by atoms with E-state index in [1.807, 2.05) is 24.0 Å². The smallest absolute Gasteiger partial charge is 0.223 e. The van der Waals surface area contributed by atoms with Gasteiger partial charge in [0.15, 0.2) is 0 Å². The quantitative estimate of drug-likeness (QED) is 0.794. The van der Waals surface area contributed by atoms with Crippen molar-refractivity contribution in [3.63, 3.8) is 0 Å². The van der Waals surface area contributed by atoms with Gasteiger partial charge in [0.1, 0.15) is 0 Å². The highest BCUT2D eigenvalue weighted by molar-refractivity contribution is 5.76. The molecule has 0 saturated carbocycles. The van der Waals surface area contributed by atoms with Crippen molar-refractivity contribution < 1.29 is 4.79 Å². The zero-order chi connectivity index (χ0) is 15.0. The van der Waals surface area contributed by atoms with Gasteiger partial charge in [-0.15, -0.1) is 0 Å². The van der Waals surface area contributed by atoms with Crippen molar-refractivity contribution >= 4 is 5.91 Å². The van der Waals surface area contributed by atoms with Crippen LogP contribution in [0, 0.1) is 11.8 Å². The van der Waals surface area contributed by atoms with Gasteiger partial charge >= 0.3 is 0 Å². The molecule has 1 rings (SSSR count). The molecule has 20 heavy (non-hydrogen) atoms. The predicted molar refractivity (Wildman–Crippen MR) is 81.9 cm³/mol. The van der Waals surface area contributed by atoms with Crippen molar-refractivity contribution in [2.45, 2.75) is 40.2 Å². The Morgan fingerprint density at radius 2 is 2.00 bits per heavy atom. The zero-order valence-electron chi connectivity index (χ0n) is 12.9. The lowest BCUT2D eigenvalue weighted by molar-refractivity contribution is -0.132. The van der Waals surface area contributed by atoms with Gasteiger partial charge in [-0.05, 0) is 49.4 Å². The molecule has 1 aromatic rings. The normalized spacial score (nSPS) is 12.4. The second-order valence-corrected chi connectivity index (χ2v) is 5.70. The third-order valence-corrected chi connectivity index (χ3v) is 3.46. The maximum atomic E-state index is 12.4. The van der Waals surface area contributed by atoms with Gasteiger partial charge in [0, 0.05) is 31.9 Å². The Morgan fingerprint density at radius 1 is 1.35 bits per heavy atom. The van der Waals surface area contributed by atoms with Gasteiger partial charge in [0.05, 0.1) is 0 Å². The van der Waals surface area contributed by atoms with Crippen LogP contribution in [-0.2, 0) is 11.3 Å². The van der Waals surface area contributed by atoms with Crippen molar-refractivity contribution in [3.8, 4) is 0 Å². The Bertz CT molecular complexity index is 392. The van der Waals surface area contributed by atoms with Crippen LogP contribution < -0.4 is 5.73 Å². The van der Waals surface area contributed by atoms with Gasteiger partial charge in [-0.1, -0.05) is 13.8 Å². The molecule has 0 spiro atoms. The summed E-state index contributed by atoms with van der Waals surface area (Å²) in [5.41, 5.74) is 6.90. The highest BCUT2D eigenvalue weighted by atomic mass is 16.2. The maximum absolute atomic E-state index is 12.4. The predicted octanol–water partition coefficient (Wildman–Crippen LogP) is 2.44. The minimum atomic E-state index is 0.195. The molecule has 0 saturated heterocycles. The van der Waals surface area contributed by atoms with E-state index in [-0.39, 0.29) is 11.8 Å². The highest BCUT2D eigenvalue weighted by Gasteiger charge is 2.18. The number of pyridine rings is 1. The standard InChI is InChI=1S/C16H27N3O/c1-4-19(12-14-5-7-18-8-6-14)16(20)10-15(11-17)9-13(2)3/h5-8,13,15H,4,9-12,17H2,1-3H3/t15-/m0/s1. The summed E-state index contributed by atoms with van der Waals surface area (Å²) in [5.74, 6) is 1.06. The maximum Gasteiger partial charge on any atom is 0.223 e. The second kappa shape index (κ2) is 8.69. The second-order valence-electron chi connectivity index (χ2n) is 5.70. The van der Waals surface area contributed by atoms with Gasteiger partial charge < -0.3 is 10.6 Å². The molecule has 2 N–H and O–H groups in total. The Hall–Kier alpha value is -1.42. The van der Waals surface area contributed by atoms with Crippen molar-refractivity contribution in [1.29, 1.82) is 0 Å². The fourth-order valence-corrected chi connectivity index (χ4v) is 2.39. The summed E-state index contributed by atoms with van der Waals surface area (Å²) in [6.45, 7) is 8.30. The molecule has 0 radical (unpaired) electrons. The topological polar surface area (TPSA) is 59.2 Å². The summed E-state index contributed by atoms with van der Waals surface area (Å²) in [6.07, 6.45) is 5.08. The molecular weight excluding hydrogens is 250 g/mol. The monoisotopic (exact) mass is 277 g/mol. The van der Waals surface area contributed by atoms with E-state index in [0.717, 1.165) is 18.5 Å². The largest absolute Gasteiger partial charge is 0.339 e. The van der Waals surface area contributed by atoms with Crippen LogP contribution >= 0.6 is 0 Å².